The maximum atomic E-state index is 12.4. The Hall–Kier alpha value is -3.65. The summed E-state index contributed by atoms with van der Waals surface area (Å²) >= 11 is 1.52. The second-order valence-electron chi connectivity index (χ2n) is 6.31. The molecule has 7 nitrogen and oxygen atoms in total. The molecule has 0 saturated heterocycles. The van der Waals surface area contributed by atoms with Crippen LogP contribution in [0.2, 0.25) is 0 Å². The SMILES string of the molecule is COc1ccc(NC(=O)c2ccc(NC(=O)Cc3cn4ccsc4n3)cc2)cc1. The van der Waals surface area contributed by atoms with Gasteiger partial charge in [0, 0.05) is 34.7 Å². The first kappa shape index (κ1) is 18.7. The number of hydrogen-bond acceptors (Lipinski definition) is 5. The van der Waals surface area contributed by atoms with Gasteiger partial charge < -0.3 is 15.4 Å². The predicted molar refractivity (Wildman–Crippen MR) is 113 cm³/mol. The summed E-state index contributed by atoms with van der Waals surface area (Å²) in [5.74, 6) is 0.329. The average Bonchev–Trinajstić information content (AvgIpc) is 3.30. The molecule has 0 radical (unpaired) electrons. The summed E-state index contributed by atoms with van der Waals surface area (Å²) in [5, 5.41) is 7.59. The van der Waals surface area contributed by atoms with E-state index in [-0.39, 0.29) is 18.2 Å². The van der Waals surface area contributed by atoms with Crippen LogP contribution in [0.4, 0.5) is 11.4 Å². The van der Waals surface area contributed by atoms with Gasteiger partial charge in [0.15, 0.2) is 4.96 Å². The van der Waals surface area contributed by atoms with Crippen LogP contribution in [0, 0.1) is 0 Å². The number of rotatable bonds is 6. The van der Waals surface area contributed by atoms with E-state index in [1.165, 1.54) is 11.3 Å². The molecule has 0 spiro atoms. The molecule has 2 amide bonds. The minimum absolute atomic E-state index is 0.161. The summed E-state index contributed by atoms with van der Waals surface area (Å²) in [4.78, 5) is 29.9. The summed E-state index contributed by atoms with van der Waals surface area (Å²) in [6.07, 6.45) is 3.94. The Bertz CT molecular complexity index is 1120. The van der Waals surface area contributed by atoms with Gasteiger partial charge in [-0.3, -0.25) is 14.0 Å². The van der Waals surface area contributed by atoms with Crippen molar-refractivity contribution in [3.05, 3.63) is 77.6 Å². The molecule has 0 unspecified atom stereocenters. The van der Waals surface area contributed by atoms with Gasteiger partial charge in [-0.25, -0.2) is 4.98 Å². The van der Waals surface area contributed by atoms with E-state index in [9.17, 15) is 9.59 Å². The van der Waals surface area contributed by atoms with E-state index in [1.54, 1.807) is 55.6 Å². The molecule has 8 heteroatoms. The van der Waals surface area contributed by atoms with Crippen molar-refractivity contribution in [2.75, 3.05) is 17.7 Å². The molecule has 0 bridgehead atoms. The highest BCUT2D eigenvalue weighted by atomic mass is 32.1. The van der Waals surface area contributed by atoms with Gasteiger partial charge in [-0.2, -0.15) is 0 Å². The number of amides is 2. The molecule has 4 aromatic rings. The first-order chi connectivity index (χ1) is 14.1. The minimum atomic E-state index is -0.230. The molecule has 2 aromatic heterocycles. The van der Waals surface area contributed by atoms with Gasteiger partial charge in [-0.05, 0) is 48.5 Å². The molecule has 0 aliphatic rings. The lowest BCUT2D eigenvalue weighted by atomic mass is 10.2. The van der Waals surface area contributed by atoms with Crippen LogP contribution in [0.1, 0.15) is 16.1 Å². The Morgan fingerprint density at radius 2 is 1.72 bits per heavy atom. The Balaban J connectivity index is 1.34. The zero-order chi connectivity index (χ0) is 20.2. The Kier molecular flexibility index (Phi) is 5.26. The number of anilines is 2. The first-order valence-electron chi connectivity index (χ1n) is 8.87. The highest BCUT2D eigenvalue weighted by Crippen LogP contribution is 2.17. The summed E-state index contributed by atoms with van der Waals surface area (Å²) in [6.45, 7) is 0. The van der Waals surface area contributed by atoms with Crippen molar-refractivity contribution in [2.24, 2.45) is 0 Å². The molecule has 0 saturated carbocycles. The second kappa shape index (κ2) is 8.15. The largest absolute Gasteiger partial charge is 0.497 e. The number of benzene rings is 2. The van der Waals surface area contributed by atoms with Gasteiger partial charge in [-0.15, -0.1) is 11.3 Å². The highest BCUT2D eigenvalue weighted by Gasteiger charge is 2.10. The van der Waals surface area contributed by atoms with Crippen molar-refractivity contribution < 1.29 is 14.3 Å². The van der Waals surface area contributed by atoms with Crippen LogP contribution in [0.3, 0.4) is 0 Å². The number of methoxy groups -OCH3 is 1. The molecule has 146 valence electrons. The molecule has 29 heavy (non-hydrogen) atoms. The standard InChI is InChI=1S/C21H18N4O3S/c1-28-18-8-6-16(7-9-18)23-20(27)14-2-4-15(5-3-14)22-19(26)12-17-13-25-10-11-29-21(25)24-17/h2-11,13H,12H2,1H3,(H,22,26)(H,23,27). The predicted octanol–water partition coefficient (Wildman–Crippen LogP) is 3.84. The number of thiazole rings is 1. The van der Waals surface area contributed by atoms with Crippen LogP contribution >= 0.6 is 11.3 Å². The number of hydrogen-bond donors (Lipinski definition) is 2. The molecule has 2 heterocycles. The summed E-state index contributed by atoms with van der Waals surface area (Å²) in [6, 6.07) is 13.8. The fourth-order valence-corrected chi connectivity index (χ4v) is 3.53. The van der Waals surface area contributed by atoms with E-state index < -0.39 is 0 Å². The van der Waals surface area contributed by atoms with Gasteiger partial charge in [0.25, 0.3) is 5.91 Å². The molecule has 0 aliphatic carbocycles. The lowest BCUT2D eigenvalue weighted by Gasteiger charge is -2.08. The van der Waals surface area contributed by atoms with E-state index in [0.29, 0.717) is 22.6 Å². The van der Waals surface area contributed by atoms with E-state index in [2.05, 4.69) is 15.6 Å². The summed E-state index contributed by atoms with van der Waals surface area (Å²) < 4.78 is 6.99. The van der Waals surface area contributed by atoms with Crippen molar-refractivity contribution in [3.63, 3.8) is 0 Å². The first-order valence-corrected chi connectivity index (χ1v) is 9.75. The normalized spacial score (nSPS) is 10.7. The molecule has 0 atom stereocenters. The number of imidazole rings is 1. The van der Waals surface area contributed by atoms with Crippen LogP contribution in [0.25, 0.3) is 4.96 Å². The molecular weight excluding hydrogens is 388 g/mol. The average molecular weight is 406 g/mol. The van der Waals surface area contributed by atoms with Gasteiger partial charge >= 0.3 is 0 Å². The lowest BCUT2D eigenvalue weighted by molar-refractivity contribution is -0.115. The Labute approximate surface area is 171 Å². The zero-order valence-corrected chi connectivity index (χ0v) is 16.4. The quantitative estimate of drug-likeness (QED) is 0.510. The van der Waals surface area contributed by atoms with Crippen LogP contribution in [0.5, 0.6) is 5.75 Å². The number of carbonyl (C=O) groups is 2. The third kappa shape index (κ3) is 4.44. The van der Waals surface area contributed by atoms with Crippen molar-refractivity contribution in [2.45, 2.75) is 6.42 Å². The van der Waals surface area contributed by atoms with Gasteiger partial charge in [0.1, 0.15) is 5.75 Å². The Morgan fingerprint density at radius 1 is 1.03 bits per heavy atom. The molecule has 0 aliphatic heterocycles. The zero-order valence-electron chi connectivity index (χ0n) is 15.6. The fourth-order valence-electron chi connectivity index (χ4n) is 2.81. The molecule has 2 aromatic carbocycles. The second-order valence-corrected chi connectivity index (χ2v) is 7.18. The van der Waals surface area contributed by atoms with Crippen molar-refractivity contribution in [1.82, 2.24) is 9.38 Å². The van der Waals surface area contributed by atoms with Crippen LogP contribution in [-0.2, 0) is 11.2 Å². The van der Waals surface area contributed by atoms with Crippen molar-refractivity contribution in [1.29, 1.82) is 0 Å². The molecule has 4 rings (SSSR count). The van der Waals surface area contributed by atoms with Crippen LogP contribution < -0.4 is 15.4 Å². The molecule has 0 fully saturated rings. The van der Waals surface area contributed by atoms with E-state index >= 15 is 0 Å². The van der Waals surface area contributed by atoms with Crippen LogP contribution in [-0.4, -0.2) is 28.3 Å². The number of aromatic nitrogens is 2. The lowest BCUT2D eigenvalue weighted by Crippen LogP contribution is -2.15. The Morgan fingerprint density at radius 3 is 2.41 bits per heavy atom. The number of ether oxygens (including phenoxy) is 1. The summed E-state index contributed by atoms with van der Waals surface area (Å²) in [5.41, 5.74) is 2.50. The summed E-state index contributed by atoms with van der Waals surface area (Å²) in [7, 11) is 1.59. The maximum Gasteiger partial charge on any atom is 0.255 e. The van der Waals surface area contributed by atoms with E-state index in [4.69, 9.17) is 4.74 Å². The third-order valence-electron chi connectivity index (χ3n) is 4.26. The topological polar surface area (TPSA) is 84.7 Å². The number of nitrogens with zero attached hydrogens (tertiary/aromatic N) is 2. The maximum absolute atomic E-state index is 12.4. The van der Waals surface area contributed by atoms with E-state index in [0.717, 1.165) is 10.7 Å². The number of carbonyl (C=O) groups excluding carboxylic acids is 2. The van der Waals surface area contributed by atoms with Gasteiger partial charge in [-0.1, -0.05) is 0 Å². The highest BCUT2D eigenvalue weighted by molar-refractivity contribution is 7.15. The number of fused-ring (bicyclic) bond motifs is 1. The minimum Gasteiger partial charge on any atom is -0.497 e. The van der Waals surface area contributed by atoms with Crippen molar-refractivity contribution in [3.8, 4) is 5.75 Å². The molecule has 2 N–H and O–H groups in total. The van der Waals surface area contributed by atoms with Gasteiger partial charge in [0.05, 0.1) is 19.2 Å². The third-order valence-corrected chi connectivity index (χ3v) is 5.03. The fraction of sp³-hybridized carbons (Fsp3) is 0.0952. The monoisotopic (exact) mass is 406 g/mol. The number of nitrogens with one attached hydrogen (secondary N) is 2. The van der Waals surface area contributed by atoms with E-state index in [1.807, 2.05) is 22.2 Å². The smallest absolute Gasteiger partial charge is 0.255 e. The van der Waals surface area contributed by atoms with Crippen LogP contribution in [0.15, 0.2) is 66.3 Å². The molecular formula is C21H18N4O3S. The van der Waals surface area contributed by atoms with Gasteiger partial charge in [0.2, 0.25) is 5.91 Å². The van der Waals surface area contributed by atoms with Crippen molar-refractivity contribution >= 4 is 39.5 Å².